The second-order valence-electron chi connectivity index (χ2n) is 6.25. The van der Waals surface area contributed by atoms with E-state index in [1.165, 1.54) is 0 Å². The van der Waals surface area contributed by atoms with Gasteiger partial charge in [-0.2, -0.15) is 0 Å². The number of nitrogens with one attached hydrogen (secondary N) is 1. The van der Waals surface area contributed by atoms with E-state index >= 15 is 0 Å². The molecule has 1 aromatic heterocycles. The van der Waals surface area contributed by atoms with Gasteiger partial charge >= 0.3 is 6.09 Å². The summed E-state index contributed by atoms with van der Waals surface area (Å²) in [6.07, 6.45) is 3.54. The van der Waals surface area contributed by atoms with E-state index in [0.717, 1.165) is 29.4 Å². The summed E-state index contributed by atoms with van der Waals surface area (Å²) in [5.41, 5.74) is 5.13. The highest BCUT2D eigenvalue weighted by atomic mass is 32.1. The minimum atomic E-state index is -0.456. The summed E-state index contributed by atoms with van der Waals surface area (Å²) in [6, 6.07) is 0.211. The normalized spacial score (nSPS) is 19.4. The number of nitrogens with zero attached hydrogens (tertiary/aromatic N) is 2. The van der Waals surface area contributed by atoms with Crippen molar-refractivity contribution >= 4 is 22.6 Å². The van der Waals surface area contributed by atoms with Crippen molar-refractivity contribution in [2.45, 2.75) is 51.8 Å². The van der Waals surface area contributed by atoms with Gasteiger partial charge < -0.3 is 20.7 Å². The van der Waals surface area contributed by atoms with Crippen LogP contribution in [0.2, 0.25) is 0 Å². The maximum absolute atomic E-state index is 12.1. The fourth-order valence-corrected chi connectivity index (χ4v) is 3.00. The first-order valence-corrected chi connectivity index (χ1v) is 8.08. The Bertz CT molecular complexity index is 484. The Labute approximate surface area is 129 Å². The third-order valence-electron chi connectivity index (χ3n) is 3.16. The van der Waals surface area contributed by atoms with E-state index in [0.29, 0.717) is 13.1 Å². The number of thiazole rings is 1. The zero-order valence-corrected chi connectivity index (χ0v) is 13.7. The molecule has 1 saturated heterocycles. The Morgan fingerprint density at radius 2 is 2.38 bits per heavy atom. The topological polar surface area (TPSA) is 80.5 Å². The molecule has 0 bridgehead atoms. The lowest BCUT2D eigenvalue weighted by atomic mass is 10.1. The average Bonchev–Trinajstić information content (AvgIpc) is 2.85. The van der Waals surface area contributed by atoms with Crippen molar-refractivity contribution in [2.24, 2.45) is 5.73 Å². The summed E-state index contributed by atoms with van der Waals surface area (Å²) in [7, 11) is 0. The summed E-state index contributed by atoms with van der Waals surface area (Å²) in [5.74, 6) is 0. The van der Waals surface area contributed by atoms with Crippen molar-refractivity contribution in [3.05, 3.63) is 11.1 Å². The molecule has 118 valence electrons. The van der Waals surface area contributed by atoms with Crippen LogP contribution in [0, 0.1) is 0 Å². The number of likely N-dealkylation sites (tertiary alicyclic amines) is 1. The van der Waals surface area contributed by atoms with E-state index in [-0.39, 0.29) is 12.1 Å². The number of carbonyl (C=O) groups is 1. The number of amides is 1. The first-order chi connectivity index (χ1) is 9.87. The molecule has 0 unspecified atom stereocenters. The van der Waals surface area contributed by atoms with Crippen LogP contribution in [-0.2, 0) is 11.3 Å². The van der Waals surface area contributed by atoms with E-state index < -0.39 is 5.60 Å². The van der Waals surface area contributed by atoms with Crippen molar-refractivity contribution in [2.75, 3.05) is 18.4 Å². The number of carbonyl (C=O) groups excluding carboxylic acids is 1. The molecule has 0 saturated carbocycles. The van der Waals surface area contributed by atoms with Crippen molar-refractivity contribution in [3.8, 4) is 0 Å². The number of piperidine rings is 1. The van der Waals surface area contributed by atoms with Crippen LogP contribution in [0.15, 0.2) is 6.20 Å². The Balaban J connectivity index is 1.89. The number of hydrogen-bond donors (Lipinski definition) is 2. The van der Waals surface area contributed by atoms with Gasteiger partial charge in [-0.15, -0.1) is 11.3 Å². The summed E-state index contributed by atoms with van der Waals surface area (Å²) in [5, 5.41) is 4.25. The van der Waals surface area contributed by atoms with Crippen LogP contribution in [-0.4, -0.2) is 40.7 Å². The van der Waals surface area contributed by atoms with Crippen molar-refractivity contribution in [3.63, 3.8) is 0 Å². The standard InChI is InChI=1S/C14H24N4O2S/c1-14(2,3)20-13(19)18-6-4-5-10(9-18)17-12-16-8-11(7-15)21-12/h8,10H,4-7,9,15H2,1-3H3,(H,16,17)/t10-/m1/s1. The Morgan fingerprint density at radius 1 is 1.62 bits per heavy atom. The number of rotatable bonds is 3. The van der Waals surface area contributed by atoms with Gasteiger partial charge in [0.2, 0.25) is 0 Å². The predicted octanol–water partition coefficient (Wildman–Crippen LogP) is 2.41. The smallest absolute Gasteiger partial charge is 0.410 e. The fraction of sp³-hybridized carbons (Fsp3) is 0.714. The van der Waals surface area contributed by atoms with Crippen LogP contribution in [0.4, 0.5) is 9.93 Å². The van der Waals surface area contributed by atoms with Gasteiger partial charge in [0.1, 0.15) is 5.60 Å². The van der Waals surface area contributed by atoms with Gasteiger partial charge in [0.15, 0.2) is 5.13 Å². The third-order valence-corrected chi connectivity index (χ3v) is 4.11. The largest absolute Gasteiger partial charge is 0.444 e. The molecule has 1 atom stereocenters. The maximum atomic E-state index is 12.1. The maximum Gasteiger partial charge on any atom is 0.410 e. The lowest BCUT2D eigenvalue weighted by Gasteiger charge is -2.34. The fourth-order valence-electron chi connectivity index (χ4n) is 2.23. The molecule has 1 aliphatic heterocycles. The molecule has 1 amide bonds. The zero-order valence-electron chi connectivity index (χ0n) is 12.9. The number of aromatic nitrogens is 1. The lowest BCUT2D eigenvalue weighted by molar-refractivity contribution is 0.0206. The van der Waals surface area contributed by atoms with E-state index in [1.807, 2.05) is 20.8 Å². The second kappa shape index (κ2) is 6.62. The third kappa shape index (κ3) is 4.86. The Morgan fingerprint density at radius 3 is 3.00 bits per heavy atom. The number of ether oxygens (including phenoxy) is 1. The highest BCUT2D eigenvalue weighted by molar-refractivity contribution is 7.15. The molecule has 0 aromatic carbocycles. The zero-order chi connectivity index (χ0) is 15.5. The molecule has 2 heterocycles. The molecular formula is C14H24N4O2S. The SMILES string of the molecule is CC(C)(C)OC(=O)N1CCC[C@@H](Nc2ncc(CN)s2)C1. The molecule has 0 spiro atoms. The van der Waals surface area contributed by atoms with Crippen LogP contribution < -0.4 is 11.1 Å². The lowest BCUT2D eigenvalue weighted by Crippen LogP contribution is -2.46. The number of nitrogens with two attached hydrogens (primary N) is 1. The van der Waals surface area contributed by atoms with Gasteiger partial charge in [-0.1, -0.05) is 0 Å². The molecular weight excluding hydrogens is 288 g/mol. The number of anilines is 1. The van der Waals surface area contributed by atoms with Gasteiger partial charge in [-0.05, 0) is 33.6 Å². The van der Waals surface area contributed by atoms with Gasteiger partial charge in [0, 0.05) is 36.8 Å². The minimum absolute atomic E-state index is 0.211. The van der Waals surface area contributed by atoms with Crippen LogP contribution in [0.25, 0.3) is 0 Å². The summed E-state index contributed by atoms with van der Waals surface area (Å²) >= 11 is 1.56. The first kappa shape index (κ1) is 16.0. The van der Waals surface area contributed by atoms with Gasteiger partial charge in [0.05, 0.1) is 0 Å². The summed E-state index contributed by atoms with van der Waals surface area (Å²) in [4.78, 5) is 19.2. The Hall–Kier alpha value is -1.34. The molecule has 2 rings (SSSR count). The van der Waals surface area contributed by atoms with Crippen molar-refractivity contribution in [1.29, 1.82) is 0 Å². The molecule has 1 aromatic rings. The van der Waals surface area contributed by atoms with Crippen molar-refractivity contribution in [1.82, 2.24) is 9.88 Å². The van der Waals surface area contributed by atoms with Crippen molar-refractivity contribution < 1.29 is 9.53 Å². The highest BCUT2D eigenvalue weighted by Gasteiger charge is 2.27. The summed E-state index contributed by atoms with van der Waals surface area (Å²) < 4.78 is 5.43. The molecule has 0 radical (unpaired) electrons. The molecule has 1 fully saturated rings. The molecule has 6 nitrogen and oxygen atoms in total. The quantitative estimate of drug-likeness (QED) is 0.896. The van der Waals surface area contributed by atoms with Crippen LogP contribution in [0.3, 0.4) is 0 Å². The van der Waals surface area contributed by atoms with E-state index in [9.17, 15) is 4.79 Å². The van der Waals surface area contributed by atoms with Gasteiger partial charge in [0.25, 0.3) is 0 Å². The van der Waals surface area contributed by atoms with E-state index in [2.05, 4.69) is 10.3 Å². The average molecular weight is 312 g/mol. The molecule has 3 N–H and O–H groups in total. The second-order valence-corrected chi connectivity index (χ2v) is 7.36. The molecule has 0 aliphatic carbocycles. The van der Waals surface area contributed by atoms with E-state index in [4.69, 9.17) is 10.5 Å². The molecule has 21 heavy (non-hydrogen) atoms. The minimum Gasteiger partial charge on any atom is -0.444 e. The van der Waals surface area contributed by atoms with Crippen LogP contribution >= 0.6 is 11.3 Å². The summed E-state index contributed by atoms with van der Waals surface area (Å²) in [6.45, 7) is 7.55. The van der Waals surface area contributed by atoms with E-state index in [1.54, 1.807) is 22.4 Å². The molecule has 1 aliphatic rings. The number of hydrogen-bond acceptors (Lipinski definition) is 6. The van der Waals surface area contributed by atoms with Gasteiger partial charge in [-0.3, -0.25) is 0 Å². The first-order valence-electron chi connectivity index (χ1n) is 7.26. The van der Waals surface area contributed by atoms with Crippen LogP contribution in [0.1, 0.15) is 38.5 Å². The highest BCUT2D eigenvalue weighted by Crippen LogP contribution is 2.22. The monoisotopic (exact) mass is 312 g/mol. The Kier molecular flexibility index (Phi) is 5.05. The molecule has 7 heteroatoms. The van der Waals surface area contributed by atoms with Crippen LogP contribution in [0.5, 0.6) is 0 Å². The van der Waals surface area contributed by atoms with Gasteiger partial charge in [-0.25, -0.2) is 9.78 Å². The predicted molar refractivity (Wildman–Crippen MR) is 84.5 cm³/mol.